The summed E-state index contributed by atoms with van der Waals surface area (Å²) in [5.74, 6) is 0. The molecular weight excluding hydrogens is 228 g/mol. The lowest BCUT2D eigenvalue weighted by molar-refractivity contribution is 0.135. The van der Waals surface area contributed by atoms with Gasteiger partial charge < -0.3 is 15.8 Å². The number of hydrogen-bond acceptors (Lipinski definition) is 3. The number of nitrogens with one attached hydrogen (secondary N) is 1. The summed E-state index contributed by atoms with van der Waals surface area (Å²) in [7, 11) is 0. The van der Waals surface area contributed by atoms with Gasteiger partial charge in [-0.2, -0.15) is 0 Å². The van der Waals surface area contributed by atoms with E-state index in [2.05, 4.69) is 17.4 Å². The molecule has 0 radical (unpaired) electrons. The Labute approximate surface area is 108 Å². The Kier molecular flexibility index (Phi) is 4.59. The van der Waals surface area contributed by atoms with E-state index in [0.29, 0.717) is 0 Å². The molecule has 1 fully saturated rings. The van der Waals surface area contributed by atoms with Crippen LogP contribution in [0.5, 0.6) is 0 Å². The van der Waals surface area contributed by atoms with Crippen molar-refractivity contribution in [3.05, 3.63) is 35.9 Å². The molecule has 0 saturated heterocycles. The van der Waals surface area contributed by atoms with Crippen molar-refractivity contribution in [1.29, 1.82) is 0 Å². The molecule has 98 valence electrons. The van der Waals surface area contributed by atoms with E-state index < -0.39 is 0 Å². The zero-order chi connectivity index (χ0) is 12.8. The minimum absolute atomic E-state index is 0.126. The van der Waals surface area contributed by atoms with Crippen LogP contribution in [-0.2, 0) is 11.2 Å². The Balaban J connectivity index is 1.59. The Morgan fingerprint density at radius 2 is 2.11 bits per heavy atom. The molecule has 4 nitrogen and oxygen atoms in total. The van der Waals surface area contributed by atoms with E-state index in [-0.39, 0.29) is 18.4 Å². The van der Waals surface area contributed by atoms with E-state index in [4.69, 9.17) is 10.5 Å². The Hall–Kier alpha value is -1.55. The van der Waals surface area contributed by atoms with E-state index in [0.717, 1.165) is 32.1 Å². The third-order valence-electron chi connectivity index (χ3n) is 2.92. The van der Waals surface area contributed by atoms with Gasteiger partial charge in [-0.15, -0.1) is 0 Å². The number of hydrogen-bond donors (Lipinski definition) is 2. The fourth-order valence-corrected chi connectivity index (χ4v) is 1.77. The van der Waals surface area contributed by atoms with Crippen LogP contribution in [0.1, 0.15) is 31.2 Å². The predicted molar refractivity (Wildman–Crippen MR) is 70.0 cm³/mol. The lowest BCUT2D eigenvalue weighted by Gasteiger charge is -2.13. The van der Waals surface area contributed by atoms with Crippen LogP contribution in [0.25, 0.3) is 0 Å². The third-order valence-corrected chi connectivity index (χ3v) is 2.92. The Morgan fingerprint density at radius 1 is 1.39 bits per heavy atom. The first-order chi connectivity index (χ1) is 8.74. The maximum absolute atomic E-state index is 11.3. The Morgan fingerprint density at radius 3 is 2.78 bits per heavy atom. The number of ether oxygens (including phenoxy) is 1. The molecule has 0 aliphatic heterocycles. The summed E-state index contributed by atoms with van der Waals surface area (Å²) < 4.78 is 5.07. The fraction of sp³-hybridized carbons (Fsp3) is 0.500. The SMILES string of the molecule is N[C@H](CCCc1ccccc1)NC(=O)OC1CC1. The van der Waals surface area contributed by atoms with Gasteiger partial charge in [0.25, 0.3) is 0 Å². The van der Waals surface area contributed by atoms with Crippen LogP contribution in [-0.4, -0.2) is 18.4 Å². The van der Waals surface area contributed by atoms with Gasteiger partial charge in [-0.05, 0) is 37.7 Å². The van der Waals surface area contributed by atoms with Crippen molar-refractivity contribution in [3.8, 4) is 0 Å². The van der Waals surface area contributed by atoms with Gasteiger partial charge in [-0.3, -0.25) is 0 Å². The molecule has 1 saturated carbocycles. The molecule has 0 unspecified atom stereocenters. The van der Waals surface area contributed by atoms with Gasteiger partial charge in [0.1, 0.15) is 6.10 Å². The van der Waals surface area contributed by atoms with Gasteiger partial charge in [0.2, 0.25) is 0 Å². The number of alkyl carbamates (subject to hydrolysis) is 1. The normalized spacial score (nSPS) is 16.1. The van der Waals surface area contributed by atoms with Crippen LogP contribution in [0.4, 0.5) is 4.79 Å². The van der Waals surface area contributed by atoms with E-state index >= 15 is 0 Å². The number of nitrogens with two attached hydrogens (primary N) is 1. The fourth-order valence-electron chi connectivity index (χ4n) is 1.77. The average molecular weight is 248 g/mol. The second kappa shape index (κ2) is 6.40. The minimum atomic E-state index is -0.385. The standard InChI is InChI=1S/C14H20N2O2/c15-13(16-14(17)18-12-9-10-12)8-4-7-11-5-2-1-3-6-11/h1-3,5-6,12-13H,4,7-10,15H2,(H,16,17)/t13-/m0/s1. The lowest BCUT2D eigenvalue weighted by Crippen LogP contribution is -2.42. The second-order valence-electron chi connectivity index (χ2n) is 4.73. The summed E-state index contributed by atoms with van der Waals surface area (Å²) in [6.45, 7) is 0. The van der Waals surface area contributed by atoms with Gasteiger partial charge in [0.15, 0.2) is 0 Å². The summed E-state index contributed by atoms with van der Waals surface area (Å²) >= 11 is 0. The first-order valence-corrected chi connectivity index (χ1v) is 6.50. The summed E-state index contributed by atoms with van der Waals surface area (Å²) in [6.07, 6.45) is 4.08. The number of amides is 1. The highest BCUT2D eigenvalue weighted by molar-refractivity contribution is 5.67. The monoisotopic (exact) mass is 248 g/mol. The van der Waals surface area contributed by atoms with Crippen molar-refractivity contribution in [2.45, 2.75) is 44.4 Å². The second-order valence-corrected chi connectivity index (χ2v) is 4.73. The molecular formula is C14H20N2O2. The zero-order valence-corrected chi connectivity index (χ0v) is 10.5. The topological polar surface area (TPSA) is 64.3 Å². The highest BCUT2D eigenvalue weighted by Crippen LogP contribution is 2.23. The van der Waals surface area contributed by atoms with Crippen molar-refractivity contribution in [2.24, 2.45) is 5.73 Å². The van der Waals surface area contributed by atoms with Gasteiger partial charge in [0.05, 0.1) is 6.17 Å². The molecule has 18 heavy (non-hydrogen) atoms. The number of carbonyl (C=O) groups excluding carboxylic acids is 1. The highest BCUT2D eigenvalue weighted by atomic mass is 16.6. The Bertz CT molecular complexity index is 377. The van der Waals surface area contributed by atoms with Crippen molar-refractivity contribution < 1.29 is 9.53 Å². The molecule has 1 amide bonds. The van der Waals surface area contributed by atoms with Gasteiger partial charge in [-0.1, -0.05) is 30.3 Å². The molecule has 1 atom stereocenters. The number of aryl methyl sites for hydroxylation is 1. The lowest BCUT2D eigenvalue weighted by atomic mass is 10.1. The van der Waals surface area contributed by atoms with E-state index in [1.807, 2.05) is 18.2 Å². The molecule has 1 aliphatic carbocycles. The van der Waals surface area contributed by atoms with Crippen molar-refractivity contribution in [3.63, 3.8) is 0 Å². The van der Waals surface area contributed by atoms with Crippen LogP contribution >= 0.6 is 0 Å². The zero-order valence-electron chi connectivity index (χ0n) is 10.5. The van der Waals surface area contributed by atoms with E-state index in [1.165, 1.54) is 5.56 Å². The van der Waals surface area contributed by atoms with Gasteiger partial charge in [-0.25, -0.2) is 4.79 Å². The van der Waals surface area contributed by atoms with Crippen LogP contribution in [0.2, 0.25) is 0 Å². The molecule has 0 heterocycles. The quantitative estimate of drug-likeness (QED) is 0.758. The summed E-state index contributed by atoms with van der Waals surface area (Å²) in [5, 5.41) is 2.65. The maximum Gasteiger partial charge on any atom is 0.408 e. The molecule has 1 aliphatic rings. The van der Waals surface area contributed by atoms with Crippen LogP contribution < -0.4 is 11.1 Å². The van der Waals surface area contributed by atoms with Crippen molar-refractivity contribution in [1.82, 2.24) is 5.32 Å². The number of carbonyl (C=O) groups is 1. The molecule has 2 rings (SSSR count). The van der Waals surface area contributed by atoms with Crippen LogP contribution in [0.15, 0.2) is 30.3 Å². The predicted octanol–water partition coefficient (Wildman–Crippen LogP) is 2.18. The summed E-state index contributed by atoms with van der Waals surface area (Å²) in [6, 6.07) is 10.3. The largest absolute Gasteiger partial charge is 0.446 e. The summed E-state index contributed by atoms with van der Waals surface area (Å²) in [5.41, 5.74) is 7.12. The molecule has 0 bridgehead atoms. The van der Waals surface area contributed by atoms with Crippen molar-refractivity contribution >= 4 is 6.09 Å². The van der Waals surface area contributed by atoms with Crippen LogP contribution in [0, 0.1) is 0 Å². The van der Waals surface area contributed by atoms with E-state index in [1.54, 1.807) is 0 Å². The number of rotatable bonds is 6. The average Bonchev–Trinajstić information content (AvgIpc) is 3.14. The first kappa shape index (κ1) is 12.9. The smallest absolute Gasteiger partial charge is 0.408 e. The first-order valence-electron chi connectivity index (χ1n) is 6.50. The minimum Gasteiger partial charge on any atom is -0.446 e. The van der Waals surface area contributed by atoms with Crippen molar-refractivity contribution in [2.75, 3.05) is 0 Å². The molecule has 1 aromatic rings. The summed E-state index contributed by atoms with van der Waals surface area (Å²) in [4.78, 5) is 11.3. The molecule has 3 N–H and O–H groups in total. The molecule has 4 heteroatoms. The third kappa shape index (κ3) is 4.75. The highest BCUT2D eigenvalue weighted by Gasteiger charge is 2.26. The molecule has 0 aromatic heterocycles. The number of benzene rings is 1. The molecule has 0 spiro atoms. The van der Waals surface area contributed by atoms with Crippen LogP contribution in [0.3, 0.4) is 0 Å². The maximum atomic E-state index is 11.3. The van der Waals surface area contributed by atoms with Gasteiger partial charge in [0, 0.05) is 0 Å². The van der Waals surface area contributed by atoms with Gasteiger partial charge >= 0.3 is 6.09 Å². The molecule has 1 aromatic carbocycles. The van der Waals surface area contributed by atoms with E-state index in [9.17, 15) is 4.79 Å².